The van der Waals surface area contributed by atoms with Crippen LogP contribution in [-0.4, -0.2) is 29.7 Å². The Morgan fingerprint density at radius 3 is 2.88 bits per heavy atom. The fourth-order valence-electron chi connectivity index (χ4n) is 1.65. The number of nitrogens with two attached hydrogens (primary N) is 1. The van der Waals surface area contributed by atoms with Crippen LogP contribution in [0.2, 0.25) is 0 Å². The van der Waals surface area contributed by atoms with E-state index in [1.807, 2.05) is 0 Å². The molecule has 1 heterocycles. The van der Waals surface area contributed by atoms with Gasteiger partial charge in [0.25, 0.3) is 0 Å². The van der Waals surface area contributed by atoms with Gasteiger partial charge in [0.05, 0.1) is 0 Å². The molecule has 1 aromatic rings. The predicted molar refractivity (Wildman–Crippen MR) is 70.0 cm³/mol. The molecule has 0 aliphatic heterocycles. The number of hydrogen-bond donors (Lipinski definition) is 2. The van der Waals surface area contributed by atoms with Gasteiger partial charge in [-0.15, -0.1) is 0 Å². The number of ether oxygens (including phenoxy) is 1. The smallest absolute Gasteiger partial charge is 0.134 e. The Balaban J connectivity index is 2.72. The molecule has 17 heavy (non-hydrogen) atoms. The molecule has 1 aromatic heterocycles. The molecule has 0 bridgehead atoms. The molecule has 0 radical (unpaired) electrons. The molecule has 3 N–H and O–H groups in total. The second kappa shape index (κ2) is 7.06. The van der Waals surface area contributed by atoms with Crippen LogP contribution in [0.25, 0.3) is 0 Å². The molecule has 0 spiro atoms. The first-order chi connectivity index (χ1) is 8.19. The first-order valence-electron chi connectivity index (χ1n) is 6.03. The number of rotatable bonds is 7. The number of nitrogen functional groups attached to an aromatic ring is 1. The molecular formula is C12H22N4O. The summed E-state index contributed by atoms with van der Waals surface area (Å²) in [6, 6.07) is 0.305. The molecule has 1 unspecified atom stereocenters. The number of nitrogens with one attached hydrogen (secondary N) is 1. The minimum absolute atomic E-state index is 0.305. The molecule has 1 rings (SSSR count). The maximum atomic E-state index is 5.87. The van der Waals surface area contributed by atoms with Crippen LogP contribution in [0.4, 0.5) is 11.6 Å². The quantitative estimate of drug-likeness (QED) is 0.758. The van der Waals surface area contributed by atoms with Crippen LogP contribution in [-0.2, 0) is 11.2 Å². The molecule has 0 amide bonds. The van der Waals surface area contributed by atoms with Gasteiger partial charge >= 0.3 is 0 Å². The molecule has 0 aliphatic rings. The van der Waals surface area contributed by atoms with Crippen molar-refractivity contribution in [1.82, 2.24) is 9.97 Å². The second-order valence-electron chi connectivity index (χ2n) is 4.16. The third-order valence-corrected chi connectivity index (χ3v) is 2.62. The van der Waals surface area contributed by atoms with Gasteiger partial charge in [-0.2, -0.15) is 0 Å². The zero-order chi connectivity index (χ0) is 12.7. The Morgan fingerprint density at radius 1 is 1.47 bits per heavy atom. The van der Waals surface area contributed by atoms with Crippen molar-refractivity contribution in [2.45, 2.75) is 39.2 Å². The van der Waals surface area contributed by atoms with Crippen molar-refractivity contribution in [2.24, 2.45) is 0 Å². The summed E-state index contributed by atoms with van der Waals surface area (Å²) < 4.78 is 5.05. The van der Waals surface area contributed by atoms with Gasteiger partial charge in [0.15, 0.2) is 0 Å². The van der Waals surface area contributed by atoms with Crippen LogP contribution in [0.5, 0.6) is 0 Å². The van der Waals surface area contributed by atoms with E-state index in [-0.39, 0.29) is 0 Å². The topological polar surface area (TPSA) is 73.1 Å². The minimum Gasteiger partial charge on any atom is -0.385 e. The van der Waals surface area contributed by atoms with Crippen LogP contribution in [0.15, 0.2) is 6.33 Å². The van der Waals surface area contributed by atoms with Gasteiger partial charge in [-0.25, -0.2) is 9.97 Å². The van der Waals surface area contributed by atoms with Gasteiger partial charge < -0.3 is 15.8 Å². The lowest BCUT2D eigenvalue weighted by molar-refractivity contribution is 0.191. The maximum absolute atomic E-state index is 5.87. The van der Waals surface area contributed by atoms with Gasteiger partial charge in [-0.1, -0.05) is 13.3 Å². The van der Waals surface area contributed by atoms with Gasteiger partial charge in [0.1, 0.15) is 18.0 Å². The lowest BCUT2D eigenvalue weighted by atomic mass is 10.1. The van der Waals surface area contributed by atoms with Gasteiger partial charge in [-0.05, 0) is 19.8 Å². The molecule has 0 saturated heterocycles. The van der Waals surface area contributed by atoms with Crippen LogP contribution in [0.3, 0.4) is 0 Å². The lowest BCUT2D eigenvalue weighted by Gasteiger charge is -2.17. The summed E-state index contributed by atoms with van der Waals surface area (Å²) in [6.45, 7) is 4.95. The fraction of sp³-hybridized carbons (Fsp3) is 0.667. The van der Waals surface area contributed by atoms with E-state index >= 15 is 0 Å². The molecule has 0 fully saturated rings. The van der Waals surface area contributed by atoms with Crippen LogP contribution in [0, 0.1) is 0 Å². The summed E-state index contributed by atoms with van der Waals surface area (Å²) >= 11 is 0. The highest BCUT2D eigenvalue weighted by Crippen LogP contribution is 2.20. The summed E-state index contributed by atoms with van der Waals surface area (Å²) in [5.41, 5.74) is 6.88. The molecule has 5 nitrogen and oxygen atoms in total. The fourth-order valence-corrected chi connectivity index (χ4v) is 1.65. The molecule has 96 valence electrons. The van der Waals surface area contributed by atoms with E-state index in [1.165, 1.54) is 6.33 Å². The van der Waals surface area contributed by atoms with E-state index in [2.05, 4.69) is 29.1 Å². The van der Waals surface area contributed by atoms with Crippen molar-refractivity contribution in [2.75, 3.05) is 24.8 Å². The summed E-state index contributed by atoms with van der Waals surface area (Å²) in [6.07, 6.45) is 4.36. The van der Waals surface area contributed by atoms with Crippen LogP contribution in [0.1, 0.15) is 32.3 Å². The van der Waals surface area contributed by atoms with Crippen LogP contribution >= 0.6 is 0 Å². The highest BCUT2D eigenvalue weighted by molar-refractivity contribution is 5.55. The highest BCUT2D eigenvalue weighted by Gasteiger charge is 2.10. The maximum Gasteiger partial charge on any atom is 0.134 e. The lowest BCUT2D eigenvalue weighted by Crippen LogP contribution is -2.20. The van der Waals surface area contributed by atoms with Crippen molar-refractivity contribution in [3.05, 3.63) is 11.9 Å². The summed E-state index contributed by atoms with van der Waals surface area (Å²) in [5, 5.41) is 3.36. The van der Waals surface area contributed by atoms with E-state index in [0.29, 0.717) is 11.9 Å². The first kappa shape index (κ1) is 13.7. The standard InChI is InChI=1S/C12H22N4O/c1-4-5-10-11(13)14-8-15-12(10)16-9(2)6-7-17-3/h8-9H,4-7H2,1-3H3,(H3,13,14,15,16). The molecule has 0 saturated carbocycles. The van der Waals surface area contributed by atoms with E-state index in [9.17, 15) is 0 Å². The summed E-state index contributed by atoms with van der Waals surface area (Å²) in [4.78, 5) is 8.29. The summed E-state index contributed by atoms with van der Waals surface area (Å²) in [7, 11) is 1.71. The van der Waals surface area contributed by atoms with Crippen molar-refractivity contribution >= 4 is 11.6 Å². The predicted octanol–water partition coefficient (Wildman–Crippen LogP) is 1.85. The van der Waals surface area contributed by atoms with E-state index in [1.54, 1.807) is 7.11 Å². The Morgan fingerprint density at radius 2 is 2.24 bits per heavy atom. The highest BCUT2D eigenvalue weighted by atomic mass is 16.5. The number of methoxy groups -OCH3 is 1. The van der Waals surface area contributed by atoms with E-state index in [0.717, 1.165) is 37.3 Å². The van der Waals surface area contributed by atoms with Crippen molar-refractivity contribution in [1.29, 1.82) is 0 Å². The average molecular weight is 238 g/mol. The minimum atomic E-state index is 0.305. The van der Waals surface area contributed by atoms with Crippen molar-refractivity contribution < 1.29 is 4.74 Å². The Hall–Kier alpha value is -1.36. The van der Waals surface area contributed by atoms with E-state index in [4.69, 9.17) is 10.5 Å². The van der Waals surface area contributed by atoms with Crippen LogP contribution < -0.4 is 11.1 Å². The third kappa shape index (κ3) is 4.19. The van der Waals surface area contributed by atoms with E-state index < -0.39 is 0 Å². The normalized spacial score (nSPS) is 12.4. The molecular weight excluding hydrogens is 216 g/mol. The summed E-state index contributed by atoms with van der Waals surface area (Å²) in [5.74, 6) is 1.42. The zero-order valence-electron chi connectivity index (χ0n) is 10.9. The van der Waals surface area contributed by atoms with Gasteiger partial charge in [0, 0.05) is 25.3 Å². The second-order valence-corrected chi connectivity index (χ2v) is 4.16. The third-order valence-electron chi connectivity index (χ3n) is 2.62. The average Bonchev–Trinajstić information content (AvgIpc) is 2.31. The number of anilines is 2. The number of nitrogens with zero attached hydrogens (tertiary/aromatic N) is 2. The molecule has 1 atom stereocenters. The largest absolute Gasteiger partial charge is 0.385 e. The monoisotopic (exact) mass is 238 g/mol. The van der Waals surface area contributed by atoms with Gasteiger partial charge in [0.2, 0.25) is 0 Å². The first-order valence-corrected chi connectivity index (χ1v) is 6.03. The Kier molecular flexibility index (Phi) is 5.69. The number of hydrogen-bond acceptors (Lipinski definition) is 5. The Labute approximate surface area is 103 Å². The van der Waals surface area contributed by atoms with Crippen molar-refractivity contribution in [3.63, 3.8) is 0 Å². The molecule has 0 aromatic carbocycles. The number of aromatic nitrogens is 2. The Bertz CT molecular complexity index is 343. The van der Waals surface area contributed by atoms with Gasteiger partial charge in [-0.3, -0.25) is 0 Å². The SMILES string of the molecule is CCCc1c(N)ncnc1NC(C)CCOC. The van der Waals surface area contributed by atoms with Crippen molar-refractivity contribution in [3.8, 4) is 0 Å². The molecule has 0 aliphatic carbocycles. The molecule has 5 heteroatoms. The zero-order valence-corrected chi connectivity index (χ0v) is 10.9.